The molecule has 0 fully saturated rings. The van der Waals surface area contributed by atoms with E-state index >= 15 is 0 Å². The summed E-state index contributed by atoms with van der Waals surface area (Å²) >= 11 is 0. The van der Waals surface area contributed by atoms with Gasteiger partial charge in [-0.25, -0.2) is 0 Å². The third kappa shape index (κ3) is 5.34. The van der Waals surface area contributed by atoms with Gasteiger partial charge in [-0.05, 0) is 60.2 Å². The number of hydrogen-bond acceptors (Lipinski definition) is 4. The first-order chi connectivity index (χ1) is 15.8. The Morgan fingerprint density at radius 1 is 1.12 bits per heavy atom. The predicted molar refractivity (Wildman–Crippen MR) is 117 cm³/mol. The fraction of sp³-hybridized carbons (Fsp3) is 0.280. The maximum Gasteiger partial charge on any atom is 0.433 e. The smallest absolute Gasteiger partial charge is 0.433 e. The number of nitrogens with zero attached hydrogens (tertiary/aromatic N) is 2. The van der Waals surface area contributed by atoms with E-state index in [-0.39, 0.29) is 13.0 Å². The Kier molecular flexibility index (Phi) is 6.65. The molecule has 1 aliphatic rings. The van der Waals surface area contributed by atoms with Crippen molar-refractivity contribution in [2.24, 2.45) is 0 Å². The molecule has 0 aliphatic carbocycles. The van der Waals surface area contributed by atoms with Crippen LogP contribution >= 0.6 is 0 Å². The highest BCUT2D eigenvalue weighted by molar-refractivity contribution is 5.97. The van der Waals surface area contributed by atoms with E-state index in [1.165, 1.54) is 17.2 Å². The summed E-state index contributed by atoms with van der Waals surface area (Å²) in [6.45, 7) is 0.804. The van der Waals surface area contributed by atoms with Gasteiger partial charge in [0.25, 0.3) is 5.91 Å². The molecule has 4 rings (SSSR count). The van der Waals surface area contributed by atoms with Crippen molar-refractivity contribution < 1.29 is 27.8 Å². The van der Waals surface area contributed by atoms with Crippen LogP contribution in [-0.4, -0.2) is 29.1 Å². The van der Waals surface area contributed by atoms with Crippen LogP contribution in [0.25, 0.3) is 0 Å². The van der Waals surface area contributed by atoms with Crippen LogP contribution in [0.2, 0.25) is 0 Å². The van der Waals surface area contributed by atoms with Crippen molar-refractivity contribution in [3.63, 3.8) is 0 Å². The Hall–Kier alpha value is -3.39. The SMILES string of the molecule is O=C([C@@H](O)c1ccccc1)N(CCc1ccc(C(F)(F)F)nc1)c1ccc2c(c1)CCCO2. The molecule has 5 nitrogen and oxygen atoms in total. The number of rotatable bonds is 6. The minimum Gasteiger partial charge on any atom is -0.493 e. The van der Waals surface area contributed by atoms with E-state index in [2.05, 4.69) is 4.98 Å². The number of aryl methyl sites for hydroxylation is 1. The van der Waals surface area contributed by atoms with E-state index in [4.69, 9.17) is 4.74 Å². The number of amides is 1. The predicted octanol–water partition coefficient (Wildman–Crippen LogP) is 4.73. The molecule has 1 atom stereocenters. The molecule has 0 saturated carbocycles. The second-order valence-electron chi connectivity index (χ2n) is 7.85. The van der Waals surface area contributed by atoms with Crippen LogP contribution < -0.4 is 9.64 Å². The number of ether oxygens (including phenoxy) is 1. The van der Waals surface area contributed by atoms with Gasteiger partial charge in [0.1, 0.15) is 11.4 Å². The Labute approximate surface area is 189 Å². The van der Waals surface area contributed by atoms with Crippen LogP contribution in [0.1, 0.15) is 34.9 Å². The normalized spacial score (nSPS) is 14.2. The molecular formula is C25H23F3N2O3. The second kappa shape index (κ2) is 9.62. The van der Waals surface area contributed by atoms with E-state index in [9.17, 15) is 23.1 Å². The highest BCUT2D eigenvalue weighted by Crippen LogP contribution is 2.31. The monoisotopic (exact) mass is 456 g/mol. The number of pyridine rings is 1. The lowest BCUT2D eigenvalue weighted by Crippen LogP contribution is -2.37. The molecule has 0 radical (unpaired) electrons. The first-order valence-corrected chi connectivity index (χ1v) is 10.6. The van der Waals surface area contributed by atoms with Crippen LogP contribution in [0.15, 0.2) is 66.9 Å². The van der Waals surface area contributed by atoms with Gasteiger partial charge in [0.2, 0.25) is 0 Å². The van der Waals surface area contributed by atoms with Gasteiger partial charge in [-0.3, -0.25) is 9.78 Å². The van der Waals surface area contributed by atoms with Crippen molar-refractivity contribution in [2.75, 3.05) is 18.1 Å². The molecule has 2 aromatic carbocycles. The largest absolute Gasteiger partial charge is 0.493 e. The van der Waals surface area contributed by atoms with Crippen LogP contribution in [0, 0.1) is 0 Å². The number of aromatic nitrogens is 1. The molecule has 1 amide bonds. The highest BCUT2D eigenvalue weighted by Gasteiger charge is 2.32. The third-order valence-electron chi connectivity index (χ3n) is 5.56. The number of halogens is 3. The lowest BCUT2D eigenvalue weighted by molar-refractivity contribution is -0.141. The number of fused-ring (bicyclic) bond motifs is 1. The lowest BCUT2D eigenvalue weighted by Gasteiger charge is -2.27. The lowest BCUT2D eigenvalue weighted by atomic mass is 10.0. The fourth-order valence-electron chi connectivity index (χ4n) is 3.79. The maximum atomic E-state index is 13.3. The summed E-state index contributed by atoms with van der Waals surface area (Å²) in [5.41, 5.74) is 1.62. The zero-order chi connectivity index (χ0) is 23.4. The van der Waals surface area contributed by atoms with Crippen LogP contribution in [0.5, 0.6) is 5.75 Å². The van der Waals surface area contributed by atoms with E-state index in [1.54, 1.807) is 42.5 Å². The topological polar surface area (TPSA) is 62.7 Å². The molecular weight excluding hydrogens is 433 g/mol. The molecule has 0 bridgehead atoms. The number of benzene rings is 2. The minimum absolute atomic E-state index is 0.162. The average Bonchev–Trinajstić information content (AvgIpc) is 2.83. The summed E-state index contributed by atoms with van der Waals surface area (Å²) in [5, 5.41) is 10.7. The molecule has 0 saturated heterocycles. The number of carbonyl (C=O) groups is 1. The van der Waals surface area contributed by atoms with Crippen molar-refractivity contribution in [1.82, 2.24) is 4.98 Å². The van der Waals surface area contributed by atoms with Gasteiger partial charge in [-0.1, -0.05) is 36.4 Å². The van der Waals surface area contributed by atoms with Gasteiger partial charge in [-0.15, -0.1) is 0 Å². The van der Waals surface area contributed by atoms with Gasteiger partial charge >= 0.3 is 6.18 Å². The molecule has 3 aromatic rings. The van der Waals surface area contributed by atoms with Gasteiger partial charge in [-0.2, -0.15) is 13.2 Å². The molecule has 172 valence electrons. The Bertz CT molecular complexity index is 1100. The molecule has 1 aromatic heterocycles. The van der Waals surface area contributed by atoms with Gasteiger partial charge in [0, 0.05) is 18.4 Å². The molecule has 2 heterocycles. The van der Waals surface area contributed by atoms with Crippen molar-refractivity contribution in [3.8, 4) is 5.75 Å². The van der Waals surface area contributed by atoms with E-state index in [1.807, 2.05) is 6.07 Å². The Morgan fingerprint density at radius 3 is 2.61 bits per heavy atom. The minimum atomic E-state index is -4.51. The first-order valence-electron chi connectivity index (χ1n) is 10.6. The summed E-state index contributed by atoms with van der Waals surface area (Å²) < 4.78 is 44.0. The highest BCUT2D eigenvalue weighted by atomic mass is 19.4. The van der Waals surface area contributed by atoms with Crippen LogP contribution in [-0.2, 0) is 23.8 Å². The number of aliphatic hydroxyl groups is 1. The number of hydrogen-bond donors (Lipinski definition) is 1. The molecule has 33 heavy (non-hydrogen) atoms. The van der Waals surface area contributed by atoms with Gasteiger partial charge in [0.05, 0.1) is 6.61 Å². The fourth-order valence-corrected chi connectivity index (χ4v) is 3.79. The standard InChI is InChI=1S/C25H23F3N2O3/c26-25(27,28)22-11-8-17(16-29-22)12-13-30(24(32)23(31)18-5-2-1-3-6-18)20-9-10-21-19(15-20)7-4-14-33-21/h1-3,5-6,8-11,15-16,23,31H,4,7,12-14H2/t23-/m0/s1. The summed E-state index contributed by atoms with van der Waals surface area (Å²) in [6.07, 6.45) is -2.76. The van der Waals surface area contributed by atoms with Crippen molar-refractivity contribution in [1.29, 1.82) is 0 Å². The Balaban J connectivity index is 1.59. The number of aliphatic hydroxyl groups excluding tert-OH is 1. The summed E-state index contributed by atoms with van der Waals surface area (Å²) in [7, 11) is 0. The molecule has 1 aliphatic heterocycles. The molecule has 8 heteroatoms. The van der Waals surface area contributed by atoms with Crippen molar-refractivity contribution >= 4 is 11.6 Å². The molecule has 0 spiro atoms. The van der Waals surface area contributed by atoms with E-state index in [0.717, 1.165) is 30.2 Å². The van der Waals surface area contributed by atoms with Crippen molar-refractivity contribution in [2.45, 2.75) is 31.5 Å². The first kappa shape index (κ1) is 22.8. The van der Waals surface area contributed by atoms with Crippen molar-refractivity contribution in [3.05, 3.63) is 89.2 Å². The maximum absolute atomic E-state index is 13.3. The number of alkyl halides is 3. The number of anilines is 1. The molecule has 1 N–H and O–H groups in total. The van der Waals surface area contributed by atoms with Gasteiger partial charge in [0.15, 0.2) is 6.10 Å². The zero-order valence-electron chi connectivity index (χ0n) is 17.8. The van der Waals surface area contributed by atoms with Crippen LogP contribution in [0.4, 0.5) is 18.9 Å². The van der Waals surface area contributed by atoms with Gasteiger partial charge < -0.3 is 14.7 Å². The van der Waals surface area contributed by atoms with E-state index in [0.29, 0.717) is 23.4 Å². The number of carbonyl (C=O) groups excluding carboxylic acids is 1. The summed E-state index contributed by atoms with van der Waals surface area (Å²) in [5.74, 6) is 0.255. The zero-order valence-corrected chi connectivity index (χ0v) is 17.8. The average molecular weight is 456 g/mol. The van der Waals surface area contributed by atoms with Crippen LogP contribution in [0.3, 0.4) is 0 Å². The summed E-state index contributed by atoms with van der Waals surface area (Å²) in [4.78, 5) is 18.3. The third-order valence-corrected chi connectivity index (χ3v) is 5.56. The molecule has 0 unspecified atom stereocenters. The second-order valence-corrected chi connectivity index (χ2v) is 7.85. The Morgan fingerprint density at radius 2 is 1.91 bits per heavy atom. The van der Waals surface area contributed by atoms with E-state index < -0.39 is 23.9 Å². The summed E-state index contributed by atoms with van der Waals surface area (Å²) in [6, 6.07) is 16.3. The quantitative estimate of drug-likeness (QED) is 0.582.